The number of sulfonamides is 1. The molecule has 0 spiro atoms. The van der Waals surface area contributed by atoms with Crippen molar-refractivity contribution in [3.05, 3.63) is 54.1 Å². The van der Waals surface area contributed by atoms with Crippen LogP contribution in [0.4, 0.5) is 4.79 Å². The molecule has 0 aromatic heterocycles. The van der Waals surface area contributed by atoms with Gasteiger partial charge in [0.1, 0.15) is 25.1 Å². The molecule has 5 rings (SSSR count). The molecule has 0 radical (unpaired) electrons. The quantitative estimate of drug-likeness (QED) is 0.309. The number of nitrogens with zero attached hydrogens (tertiary/aromatic N) is 1. The Kier molecular flexibility index (Phi) is 10.9. The molecule has 2 fully saturated rings. The van der Waals surface area contributed by atoms with Gasteiger partial charge < -0.3 is 38.9 Å². The van der Waals surface area contributed by atoms with Crippen molar-refractivity contribution in [3.63, 3.8) is 0 Å². The van der Waals surface area contributed by atoms with E-state index in [9.17, 15) is 23.1 Å². The molecule has 4 unspecified atom stereocenters. The van der Waals surface area contributed by atoms with Crippen LogP contribution in [0.5, 0.6) is 11.5 Å². The first kappa shape index (κ1) is 34.1. The van der Waals surface area contributed by atoms with Crippen LogP contribution in [-0.2, 0) is 35.4 Å². The van der Waals surface area contributed by atoms with Gasteiger partial charge in [0.2, 0.25) is 10.0 Å². The lowest BCUT2D eigenvalue weighted by Gasteiger charge is -2.35. The van der Waals surface area contributed by atoms with Gasteiger partial charge in [0.25, 0.3) is 0 Å². The first-order valence-corrected chi connectivity index (χ1v) is 17.2. The summed E-state index contributed by atoms with van der Waals surface area (Å²) in [5.41, 5.74) is 0.221. The summed E-state index contributed by atoms with van der Waals surface area (Å²) in [5.74, 6) is 0.712. The summed E-state index contributed by atoms with van der Waals surface area (Å²) < 4.78 is 57.7. The fourth-order valence-corrected chi connectivity index (χ4v) is 7.67. The van der Waals surface area contributed by atoms with Crippen LogP contribution in [0.2, 0.25) is 0 Å². The average molecular weight is 661 g/mol. The number of aliphatic hydroxyl groups is 1. The van der Waals surface area contributed by atoms with E-state index in [0.717, 1.165) is 5.56 Å². The third-order valence-corrected chi connectivity index (χ3v) is 10.4. The third kappa shape index (κ3) is 8.56. The molecule has 0 saturated carbocycles. The van der Waals surface area contributed by atoms with Crippen molar-refractivity contribution in [3.8, 4) is 11.5 Å². The molecule has 2 saturated heterocycles. The number of carbonyl (C=O) groups excluding carboxylic acids is 2. The van der Waals surface area contributed by atoms with E-state index in [0.29, 0.717) is 44.2 Å². The minimum atomic E-state index is -4.19. The van der Waals surface area contributed by atoms with E-state index < -0.39 is 46.1 Å². The monoisotopic (exact) mass is 660 g/mol. The number of rotatable bonds is 14. The Bertz CT molecular complexity index is 1470. The number of aliphatic hydroxyl groups excluding tert-OH is 1. The van der Waals surface area contributed by atoms with Crippen molar-refractivity contribution < 1.29 is 46.8 Å². The fourth-order valence-electron chi connectivity index (χ4n) is 6.01. The molecule has 5 atom stereocenters. The maximum Gasteiger partial charge on any atom is 0.407 e. The molecule has 252 valence electrons. The number of carbonyl (C=O) groups is 2. The lowest BCUT2D eigenvalue weighted by molar-refractivity contribution is -0.117. The van der Waals surface area contributed by atoms with E-state index in [1.54, 1.807) is 6.07 Å². The number of alkyl carbamates (subject to hydrolysis) is 1. The topological polar surface area (TPSA) is 150 Å². The van der Waals surface area contributed by atoms with Crippen LogP contribution in [0, 0.1) is 11.3 Å². The van der Waals surface area contributed by atoms with Crippen molar-refractivity contribution >= 4 is 21.9 Å². The molecule has 2 aromatic rings. The molecule has 2 aromatic carbocycles. The Morgan fingerprint density at radius 3 is 2.54 bits per heavy atom. The normalized spacial score (nSPS) is 22.2. The van der Waals surface area contributed by atoms with Crippen molar-refractivity contribution in [1.82, 2.24) is 9.62 Å². The largest absolute Gasteiger partial charge is 0.486 e. The van der Waals surface area contributed by atoms with Crippen molar-refractivity contribution in [2.75, 3.05) is 39.5 Å². The molecule has 46 heavy (non-hydrogen) atoms. The number of ether oxygens (including phenoxy) is 5. The number of nitrogens with one attached hydrogen (secondary N) is 1. The second kappa shape index (κ2) is 14.7. The zero-order chi connectivity index (χ0) is 32.9. The number of hydrogen-bond donors (Lipinski definition) is 2. The average Bonchev–Trinajstić information content (AvgIpc) is 3.65. The molecule has 3 heterocycles. The smallest absolute Gasteiger partial charge is 0.407 e. The van der Waals surface area contributed by atoms with Gasteiger partial charge in [-0.05, 0) is 49.3 Å². The predicted octanol–water partition coefficient (Wildman–Crippen LogP) is 3.30. The molecule has 3 aliphatic rings. The summed E-state index contributed by atoms with van der Waals surface area (Å²) in [4.78, 5) is 25.0. The van der Waals surface area contributed by atoms with E-state index in [1.165, 1.54) is 23.4 Å². The molecule has 3 aliphatic heterocycles. The Morgan fingerprint density at radius 1 is 1.07 bits per heavy atom. The van der Waals surface area contributed by atoms with E-state index in [2.05, 4.69) is 5.32 Å². The first-order valence-electron chi connectivity index (χ1n) is 15.7. The Morgan fingerprint density at radius 2 is 1.80 bits per heavy atom. The lowest BCUT2D eigenvalue weighted by Crippen LogP contribution is -2.52. The summed E-state index contributed by atoms with van der Waals surface area (Å²) in [6.07, 6.45) is -1.28. The Labute approximate surface area is 270 Å². The van der Waals surface area contributed by atoms with Gasteiger partial charge in [-0.25, -0.2) is 13.2 Å². The van der Waals surface area contributed by atoms with Crippen molar-refractivity contribution in [1.29, 1.82) is 0 Å². The minimum absolute atomic E-state index is 0.00291. The molecule has 0 bridgehead atoms. The van der Waals surface area contributed by atoms with E-state index in [4.69, 9.17) is 23.7 Å². The van der Waals surface area contributed by atoms with Crippen LogP contribution in [0.1, 0.15) is 45.6 Å². The summed E-state index contributed by atoms with van der Waals surface area (Å²) in [6.45, 7) is 6.35. The number of amides is 1. The molecule has 0 aliphatic carbocycles. The summed E-state index contributed by atoms with van der Waals surface area (Å²) in [5, 5.41) is 14.5. The van der Waals surface area contributed by atoms with Crippen molar-refractivity contribution in [2.45, 2.75) is 75.9 Å². The van der Waals surface area contributed by atoms with Crippen molar-refractivity contribution in [2.24, 2.45) is 11.3 Å². The van der Waals surface area contributed by atoms with Crippen LogP contribution < -0.4 is 14.8 Å². The highest BCUT2D eigenvalue weighted by atomic mass is 32.2. The van der Waals surface area contributed by atoms with Gasteiger partial charge in [0, 0.05) is 25.6 Å². The number of benzene rings is 2. The van der Waals surface area contributed by atoms with Crippen LogP contribution in [0.3, 0.4) is 0 Å². The molecule has 13 heteroatoms. The number of fused-ring (bicyclic) bond motifs is 2. The Hall–Kier alpha value is -3.23. The molecular weight excluding hydrogens is 616 g/mol. The highest BCUT2D eigenvalue weighted by Gasteiger charge is 2.44. The first-order chi connectivity index (χ1) is 21.9. The van der Waals surface area contributed by atoms with Gasteiger partial charge in [-0.3, -0.25) is 0 Å². The highest BCUT2D eigenvalue weighted by molar-refractivity contribution is 7.89. The highest BCUT2D eigenvalue weighted by Crippen LogP contribution is 2.35. The summed E-state index contributed by atoms with van der Waals surface area (Å²) in [7, 11) is -4.19. The molecule has 12 nitrogen and oxygen atoms in total. The fraction of sp³-hybridized carbons (Fsp3) is 0.576. The van der Waals surface area contributed by atoms with Crippen LogP contribution in [0.15, 0.2) is 53.4 Å². The zero-order valence-corrected chi connectivity index (χ0v) is 27.4. The van der Waals surface area contributed by atoms with Crippen LogP contribution in [-0.4, -0.2) is 93.8 Å². The van der Waals surface area contributed by atoms with Gasteiger partial charge in [0.05, 0.1) is 36.2 Å². The number of Topliss-reactive ketones (excluding diaryl/α,β-unsaturated/α-hetero) is 1. The van der Waals surface area contributed by atoms with Gasteiger partial charge >= 0.3 is 6.09 Å². The predicted molar refractivity (Wildman–Crippen MR) is 167 cm³/mol. The third-order valence-electron chi connectivity index (χ3n) is 8.61. The molecular formula is C33H44N2O10S. The maximum absolute atomic E-state index is 14.2. The Balaban J connectivity index is 1.39. The SMILES string of the molecule is CC(=O)CCC(C)(C)CN(CC(O)[C@H](Cc1ccccc1)NC(=O)OC1COC2OCCC12)S(=O)(=O)c1ccc2c(c1)OCCO2. The van der Waals surface area contributed by atoms with Gasteiger partial charge in [-0.15, -0.1) is 0 Å². The lowest BCUT2D eigenvalue weighted by atomic mass is 9.87. The van der Waals surface area contributed by atoms with Gasteiger partial charge in [-0.2, -0.15) is 4.31 Å². The van der Waals surface area contributed by atoms with Crippen LogP contribution in [0.25, 0.3) is 0 Å². The maximum atomic E-state index is 14.2. The zero-order valence-electron chi connectivity index (χ0n) is 26.6. The van der Waals surface area contributed by atoms with Gasteiger partial charge in [-0.1, -0.05) is 44.2 Å². The summed E-state index contributed by atoms with van der Waals surface area (Å²) >= 11 is 0. The molecule has 2 N–H and O–H groups in total. The number of hydrogen-bond acceptors (Lipinski definition) is 10. The van der Waals surface area contributed by atoms with E-state index >= 15 is 0 Å². The minimum Gasteiger partial charge on any atom is -0.486 e. The molecule has 1 amide bonds. The number of ketones is 1. The summed E-state index contributed by atoms with van der Waals surface area (Å²) in [6, 6.07) is 12.8. The van der Waals surface area contributed by atoms with Crippen LogP contribution >= 0.6 is 0 Å². The second-order valence-corrected chi connectivity index (χ2v) is 14.9. The van der Waals surface area contributed by atoms with E-state index in [-0.39, 0.29) is 49.1 Å². The van der Waals surface area contributed by atoms with Gasteiger partial charge in [0.15, 0.2) is 17.8 Å². The van der Waals surface area contributed by atoms with E-state index in [1.807, 2.05) is 44.2 Å². The standard InChI is InChI=1S/C33H44N2O10S/c1-22(36)11-13-33(2,3)21-35(46(39,40)24-9-10-28-29(18-24)42-16-15-41-28)19-27(37)26(17-23-7-5-4-6-8-23)34-32(38)45-30-20-44-31-25(30)12-14-43-31/h4-10,18,25-27,30-31,37H,11-17,19-21H2,1-3H3,(H,34,38)/t25?,26-,27?,30?,31?/m0/s1. The second-order valence-electron chi connectivity index (χ2n) is 12.9.